The molecule has 0 atom stereocenters. The molecule has 1 aromatic heterocycles. The number of aromatic nitrogens is 1. The van der Waals surface area contributed by atoms with E-state index in [-0.39, 0.29) is 30.7 Å². The molecule has 4 nitrogen and oxygen atoms in total. The Kier molecular flexibility index (Phi) is 8.88. The van der Waals surface area contributed by atoms with Crippen LogP contribution in [0.15, 0.2) is 36.5 Å². The molecule has 20 heavy (non-hydrogen) atoms. The van der Waals surface area contributed by atoms with E-state index in [9.17, 15) is 4.79 Å². The molecular formula is C14H19Cl2N3O. The van der Waals surface area contributed by atoms with E-state index >= 15 is 0 Å². The predicted molar refractivity (Wildman–Crippen MR) is 86.6 cm³/mol. The standard InChI is InChI=1S/C14H17N3O.2ClH/c15-8-6-13(18)16-10-7-12-4-1-3-11-5-2-9-17-14(11)12;;/h1-5,9H,6-8,10,15H2,(H,16,18);2*1H. The molecule has 0 aliphatic rings. The Morgan fingerprint density at radius 2 is 1.95 bits per heavy atom. The monoisotopic (exact) mass is 315 g/mol. The molecule has 1 heterocycles. The van der Waals surface area contributed by atoms with Gasteiger partial charge < -0.3 is 11.1 Å². The summed E-state index contributed by atoms with van der Waals surface area (Å²) in [5.74, 6) is 0.00527. The highest BCUT2D eigenvalue weighted by atomic mass is 35.5. The third kappa shape index (κ3) is 4.96. The Labute approximate surface area is 131 Å². The van der Waals surface area contributed by atoms with Crippen LogP contribution in [0.2, 0.25) is 0 Å². The first-order chi connectivity index (χ1) is 8.81. The lowest BCUT2D eigenvalue weighted by Crippen LogP contribution is -2.27. The van der Waals surface area contributed by atoms with Gasteiger partial charge in [0.05, 0.1) is 5.52 Å². The molecule has 0 spiro atoms. The molecule has 0 aliphatic heterocycles. The van der Waals surface area contributed by atoms with Crippen LogP contribution in [-0.4, -0.2) is 24.0 Å². The number of carbonyl (C=O) groups excluding carboxylic acids is 1. The van der Waals surface area contributed by atoms with Crippen molar-refractivity contribution in [3.8, 4) is 0 Å². The largest absolute Gasteiger partial charge is 0.356 e. The number of fused-ring (bicyclic) bond motifs is 1. The minimum absolute atomic E-state index is 0. The Balaban J connectivity index is 0.00000180. The van der Waals surface area contributed by atoms with Gasteiger partial charge in [-0.3, -0.25) is 9.78 Å². The summed E-state index contributed by atoms with van der Waals surface area (Å²) in [7, 11) is 0. The fourth-order valence-electron chi connectivity index (χ4n) is 1.93. The van der Waals surface area contributed by atoms with Gasteiger partial charge in [-0.2, -0.15) is 0 Å². The number of nitrogens with zero attached hydrogens (tertiary/aromatic N) is 1. The molecule has 2 aromatic rings. The molecule has 1 aromatic carbocycles. The Morgan fingerprint density at radius 1 is 1.20 bits per heavy atom. The van der Waals surface area contributed by atoms with Crippen LogP contribution >= 0.6 is 24.8 Å². The lowest BCUT2D eigenvalue weighted by Gasteiger charge is -2.07. The summed E-state index contributed by atoms with van der Waals surface area (Å²) in [6.45, 7) is 1.01. The molecule has 3 N–H and O–H groups in total. The summed E-state index contributed by atoms with van der Waals surface area (Å²) in [6.07, 6.45) is 2.96. The minimum atomic E-state index is 0. The smallest absolute Gasteiger partial charge is 0.221 e. The predicted octanol–water partition coefficient (Wildman–Crippen LogP) is 2.09. The topological polar surface area (TPSA) is 68.0 Å². The maximum Gasteiger partial charge on any atom is 0.221 e. The second-order valence-corrected chi connectivity index (χ2v) is 4.13. The van der Waals surface area contributed by atoms with Crippen molar-refractivity contribution >= 4 is 41.6 Å². The van der Waals surface area contributed by atoms with E-state index < -0.39 is 0 Å². The van der Waals surface area contributed by atoms with Crippen molar-refractivity contribution in [2.75, 3.05) is 13.1 Å². The molecule has 6 heteroatoms. The minimum Gasteiger partial charge on any atom is -0.356 e. The van der Waals surface area contributed by atoms with Crippen LogP contribution in [0.3, 0.4) is 0 Å². The fraction of sp³-hybridized carbons (Fsp3) is 0.286. The molecule has 0 bridgehead atoms. The number of para-hydroxylation sites is 1. The third-order valence-electron chi connectivity index (χ3n) is 2.80. The number of hydrogen-bond donors (Lipinski definition) is 2. The maximum absolute atomic E-state index is 11.3. The number of rotatable bonds is 5. The quantitative estimate of drug-likeness (QED) is 0.887. The first-order valence-corrected chi connectivity index (χ1v) is 6.10. The second kappa shape index (κ2) is 9.53. The molecular weight excluding hydrogens is 297 g/mol. The Hall–Kier alpha value is -1.36. The second-order valence-electron chi connectivity index (χ2n) is 4.13. The molecule has 110 valence electrons. The van der Waals surface area contributed by atoms with E-state index in [2.05, 4.69) is 10.3 Å². The molecule has 0 aliphatic carbocycles. The molecule has 1 amide bonds. The van der Waals surface area contributed by atoms with Gasteiger partial charge in [0.2, 0.25) is 5.91 Å². The van der Waals surface area contributed by atoms with E-state index in [4.69, 9.17) is 5.73 Å². The van der Waals surface area contributed by atoms with Gasteiger partial charge >= 0.3 is 0 Å². The van der Waals surface area contributed by atoms with E-state index in [1.54, 1.807) is 6.20 Å². The number of amides is 1. The van der Waals surface area contributed by atoms with Crippen molar-refractivity contribution in [2.24, 2.45) is 5.73 Å². The lowest BCUT2D eigenvalue weighted by atomic mass is 10.1. The van der Waals surface area contributed by atoms with E-state index in [0.29, 0.717) is 19.5 Å². The van der Waals surface area contributed by atoms with Gasteiger partial charge in [0, 0.05) is 31.1 Å². The highest BCUT2D eigenvalue weighted by Crippen LogP contribution is 2.15. The van der Waals surface area contributed by atoms with Gasteiger partial charge in [-0.1, -0.05) is 24.3 Å². The van der Waals surface area contributed by atoms with Crippen LogP contribution in [0.1, 0.15) is 12.0 Å². The Morgan fingerprint density at radius 3 is 2.70 bits per heavy atom. The molecule has 0 radical (unpaired) electrons. The van der Waals surface area contributed by atoms with E-state index in [1.807, 2.05) is 30.3 Å². The van der Waals surface area contributed by atoms with Gasteiger partial charge in [0.15, 0.2) is 0 Å². The van der Waals surface area contributed by atoms with Crippen LogP contribution < -0.4 is 11.1 Å². The molecule has 2 rings (SSSR count). The van der Waals surface area contributed by atoms with Crippen molar-refractivity contribution in [1.82, 2.24) is 10.3 Å². The maximum atomic E-state index is 11.3. The molecule has 0 unspecified atom stereocenters. The van der Waals surface area contributed by atoms with Crippen LogP contribution in [0.4, 0.5) is 0 Å². The number of halogens is 2. The average molecular weight is 316 g/mol. The van der Waals surface area contributed by atoms with Crippen molar-refractivity contribution in [3.63, 3.8) is 0 Å². The normalized spacial score (nSPS) is 9.45. The third-order valence-corrected chi connectivity index (χ3v) is 2.80. The van der Waals surface area contributed by atoms with Gasteiger partial charge in [-0.15, -0.1) is 24.8 Å². The van der Waals surface area contributed by atoms with Crippen LogP contribution in [-0.2, 0) is 11.2 Å². The summed E-state index contributed by atoms with van der Waals surface area (Å²) in [6, 6.07) is 10.1. The SMILES string of the molecule is Cl.Cl.NCCC(=O)NCCc1cccc2cccnc12. The number of nitrogens with two attached hydrogens (primary N) is 1. The first-order valence-electron chi connectivity index (χ1n) is 6.10. The van der Waals surface area contributed by atoms with Crippen molar-refractivity contribution in [2.45, 2.75) is 12.8 Å². The summed E-state index contributed by atoms with van der Waals surface area (Å²) in [5.41, 5.74) is 7.48. The summed E-state index contributed by atoms with van der Waals surface area (Å²) < 4.78 is 0. The fourth-order valence-corrected chi connectivity index (χ4v) is 1.93. The zero-order valence-electron chi connectivity index (χ0n) is 11.0. The zero-order chi connectivity index (χ0) is 12.8. The lowest BCUT2D eigenvalue weighted by molar-refractivity contribution is -0.120. The van der Waals surface area contributed by atoms with Gasteiger partial charge in [0.25, 0.3) is 0 Å². The summed E-state index contributed by atoms with van der Waals surface area (Å²) in [5, 5.41) is 3.98. The Bertz CT molecular complexity index is 543. The highest BCUT2D eigenvalue weighted by Gasteiger charge is 2.03. The van der Waals surface area contributed by atoms with Gasteiger partial charge in [-0.25, -0.2) is 0 Å². The number of carbonyl (C=O) groups is 1. The number of pyridine rings is 1. The van der Waals surface area contributed by atoms with Crippen LogP contribution in [0, 0.1) is 0 Å². The van der Waals surface area contributed by atoms with Gasteiger partial charge in [-0.05, 0) is 18.1 Å². The number of benzene rings is 1. The molecule has 0 saturated carbocycles. The first kappa shape index (κ1) is 18.6. The summed E-state index contributed by atoms with van der Waals surface area (Å²) >= 11 is 0. The zero-order valence-corrected chi connectivity index (χ0v) is 12.7. The van der Waals surface area contributed by atoms with Crippen molar-refractivity contribution in [1.29, 1.82) is 0 Å². The van der Waals surface area contributed by atoms with Gasteiger partial charge in [0.1, 0.15) is 0 Å². The van der Waals surface area contributed by atoms with E-state index in [1.165, 1.54) is 0 Å². The number of nitrogens with one attached hydrogen (secondary N) is 1. The van der Waals surface area contributed by atoms with Crippen molar-refractivity contribution < 1.29 is 4.79 Å². The van der Waals surface area contributed by atoms with Crippen LogP contribution in [0.25, 0.3) is 10.9 Å². The van der Waals surface area contributed by atoms with E-state index in [0.717, 1.165) is 22.9 Å². The van der Waals surface area contributed by atoms with Crippen molar-refractivity contribution in [3.05, 3.63) is 42.1 Å². The highest BCUT2D eigenvalue weighted by molar-refractivity contribution is 5.85. The average Bonchev–Trinajstić information content (AvgIpc) is 2.39. The van der Waals surface area contributed by atoms with Crippen LogP contribution in [0.5, 0.6) is 0 Å². The number of hydrogen-bond acceptors (Lipinski definition) is 3. The molecule has 0 saturated heterocycles. The molecule has 0 fully saturated rings. The summed E-state index contributed by atoms with van der Waals surface area (Å²) in [4.78, 5) is 15.7.